The highest BCUT2D eigenvalue weighted by Gasteiger charge is 2.19. The molecule has 1 atom stereocenters. The summed E-state index contributed by atoms with van der Waals surface area (Å²) in [7, 11) is 0. The molecule has 0 bridgehead atoms. The molecule has 3 rings (SSSR count). The first-order valence-electron chi connectivity index (χ1n) is 10.6. The number of hydrogen-bond acceptors (Lipinski definition) is 4. The molecule has 2 fully saturated rings. The van der Waals surface area contributed by atoms with Crippen LogP contribution in [0.25, 0.3) is 0 Å². The third-order valence-corrected chi connectivity index (χ3v) is 5.77. The number of rotatable bonds is 7. The first kappa shape index (κ1) is 20.8. The van der Waals surface area contributed by atoms with Crippen molar-refractivity contribution in [3.63, 3.8) is 0 Å². The van der Waals surface area contributed by atoms with Gasteiger partial charge in [-0.05, 0) is 37.4 Å². The Morgan fingerprint density at radius 2 is 1.75 bits per heavy atom. The fourth-order valence-corrected chi connectivity index (χ4v) is 3.87. The molecule has 2 heterocycles. The van der Waals surface area contributed by atoms with Gasteiger partial charge in [0.1, 0.15) is 0 Å². The third-order valence-electron chi connectivity index (χ3n) is 5.77. The van der Waals surface area contributed by atoms with Crippen LogP contribution in [-0.2, 0) is 27.4 Å². The summed E-state index contributed by atoms with van der Waals surface area (Å²) in [4.78, 5) is 28.5. The molecular weight excluding hydrogens is 354 g/mol. The molecule has 2 saturated heterocycles. The van der Waals surface area contributed by atoms with Gasteiger partial charge in [0.15, 0.2) is 0 Å². The first-order chi connectivity index (χ1) is 13.6. The molecule has 0 unspecified atom stereocenters. The van der Waals surface area contributed by atoms with Crippen LogP contribution in [0, 0.1) is 0 Å². The number of amides is 2. The Labute approximate surface area is 168 Å². The van der Waals surface area contributed by atoms with Gasteiger partial charge in [0.05, 0.1) is 13.2 Å². The van der Waals surface area contributed by atoms with Crippen molar-refractivity contribution in [3.8, 4) is 0 Å². The van der Waals surface area contributed by atoms with E-state index in [0.29, 0.717) is 38.9 Å². The molecule has 28 heavy (non-hydrogen) atoms. The summed E-state index contributed by atoms with van der Waals surface area (Å²) in [5.41, 5.74) is 2.41. The van der Waals surface area contributed by atoms with E-state index in [9.17, 15) is 9.59 Å². The Bertz CT molecular complexity index is 641. The van der Waals surface area contributed by atoms with Gasteiger partial charge in [-0.1, -0.05) is 30.7 Å². The van der Waals surface area contributed by atoms with Gasteiger partial charge < -0.3 is 15.0 Å². The fraction of sp³-hybridized carbons (Fsp3) is 0.636. The maximum Gasteiger partial charge on any atom is 0.223 e. The van der Waals surface area contributed by atoms with Crippen LogP contribution >= 0.6 is 0 Å². The molecule has 0 aliphatic carbocycles. The molecule has 6 nitrogen and oxygen atoms in total. The van der Waals surface area contributed by atoms with Crippen LogP contribution in [0.3, 0.4) is 0 Å². The van der Waals surface area contributed by atoms with Crippen LogP contribution in [0.2, 0.25) is 0 Å². The van der Waals surface area contributed by atoms with E-state index in [2.05, 4.69) is 41.4 Å². The molecule has 6 heteroatoms. The number of benzene rings is 1. The van der Waals surface area contributed by atoms with Crippen molar-refractivity contribution in [1.82, 2.24) is 15.1 Å². The van der Waals surface area contributed by atoms with E-state index in [-0.39, 0.29) is 24.7 Å². The topological polar surface area (TPSA) is 61.9 Å². The number of likely N-dealkylation sites (tertiary alicyclic amines) is 1. The second kappa shape index (κ2) is 10.6. The largest absolute Gasteiger partial charge is 0.378 e. The van der Waals surface area contributed by atoms with Crippen LogP contribution in [0.15, 0.2) is 24.3 Å². The molecule has 2 aliphatic rings. The summed E-state index contributed by atoms with van der Waals surface area (Å²) in [6.45, 7) is 7.43. The number of nitrogens with zero attached hydrogens (tertiary/aromatic N) is 2. The standard InChI is InChI=1S/C22H33N3O3/c1-18-4-2-3-11-25(18)17-20-7-5-19(6-8-20)16-23-21(26)9-10-22(27)24-12-14-28-15-13-24/h5-8,18H,2-4,9-17H2,1H3,(H,23,26)/t18-/m1/s1. The Balaban J connectivity index is 1.37. The molecule has 1 N–H and O–H groups in total. The highest BCUT2D eigenvalue weighted by Crippen LogP contribution is 2.19. The van der Waals surface area contributed by atoms with Crippen molar-refractivity contribution in [2.24, 2.45) is 0 Å². The van der Waals surface area contributed by atoms with Gasteiger partial charge >= 0.3 is 0 Å². The van der Waals surface area contributed by atoms with Crippen LogP contribution < -0.4 is 5.32 Å². The Hall–Kier alpha value is -1.92. The zero-order chi connectivity index (χ0) is 19.8. The Kier molecular flexibility index (Phi) is 7.86. The zero-order valence-electron chi connectivity index (χ0n) is 17.0. The van der Waals surface area contributed by atoms with E-state index < -0.39 is 0 Å². The van der Waals surface area contributed by atoms with Gasteiger partial charge in [0, 0.05) is 45.1 Å². The Morgan fingerprint density at radius 3 is 2.46 bits per heavy atom. The van der Waals surface area contributed by atoms with Crippen molar-refractivity contribution in [2.75, 3.05) is 32.8 Å². The number of ether oxygens (including phenoxy) is 1. The predicted molar refractivity (Wildman–Crippen MR) is 109 cm³/mol. The lowest BCUT2D eigenvalue weighted by molar-refractivity contribution is -0.137. The molecule has 154 valence electrons. The summed E-state index contributed by atoms with van der Waals surface area (Å²) in [6.07, 6.45) is 4.43. The summed E-state index contributed by atoms with van der Waals surface area (Å²) in [5.74, 6) is -0.0393. The van der Waals surface area contributed by atoms with Gasteiger partial charge in [-0.15, -0.1) is 0 Å². The molecule has 2 amide bonds. The number of hydrogen-bond donors (Lipinski definition) is 1. The van der Waals surface area contributed by atoms with Gasteiger partial charge in [-0.25, -0.2) is 0 Å². The SMILES string of the molecule is C[C@@H]1CCCCN1Cc1ccc(CNC(=O)CCC(=O)N2CCOCC2)cc1. The lowest BCUT2D eigenvalue weighted by Crippen LogP contribution is -2.41. The third kappa shape index (κ3) is 6.31. The van der Waals surface area contributed by atoms with Crippen molar-refractivity contribution >= 4 is 11.8 Å². The van der Waals surface area contributed by atoms with Crippen molar-refractivity contribution < 1.29 is 14.3 Å². The van der Waals surface area contributed by atoms with Crippen LogP contribution in [0.1, 0.15) is 50.2 Å². The van der Waals surface area contributed by atoms with Gasteiger partial charge in [-0.3, -0.25) is 14.5 Å². The zero-order valence-corrected chi connectivity index (χ0v) is 17.0. The van der Waals surface area contributed by atoms with Crippen LogP contribution in [0.4, 0.5) is 0 Å². The first-order valence-corrected chi connectivity index (χ1v) is 10.6. The van der Waals surface area contributed by atoms with Gasteiger partial charge in [0.2, 0.25) is 11.8 Å². The van der Waals surface area contributed by atoms with Crippen LogP contribution in [0.5, 0.6) is 0 Å². The fourth-order valence-electron chi connectivity index (χ4n) is 3.87. The summed E-state index contributed by atoms with van der Waals surface area (Å²) in [6, 6.07) is 9.15. The molecule has 0 saturated carbocycles. The van der Waals surface area contributed by atoms with E-state index in [1.807, 2.05) is 0 Å². The average molecular weight is 388 g/mol. The number of carbonyl (C=O) groups is 2. The van der Waals surface area contributed by atoms with Crippen LogP contribution in [-0.4, -0.2) is 60.5 Å². The van der Waals surface area contributed by atoms with Crippen molar-refractivity contribution in [3.05, 3.63) is 35.4 Å². The van der Waals surface area contributed by atoms with E-state index in [0.717, 1.165) is 12.1 Å². The van der Waals surface area contributed by atoms with Crippen molar-refractivity contribution in [1.29, 1.82) is 0 Å². The summed E-state index contributed by atoms with van der Waals surface area (Å²) < 4.78 is 5.24. The molecule has 0 aromatic heterocycles. The minimum absolute atomic E-state index is 0.0368. The Morgan fingerprint density at radius 1 is 1.04 bits per heavy atom. The summed E-state index contributed by atoms with van der Waals surface area (Å²) >= 11 is 0. The lowest BCUT2D eigenvalue weighted by Gasteiger charge is -2.33. The molecular formula is C22H33N3O3. The number of piperidine rings is 1. The highest BCUT2D eigenvalue weighted by atomic mass is 16.5. The van der Waals surface area contributed by atoms with Gasteiger partial charge in [0.25, 0.3) is 0 Å². The highest BCUT2D eigenvalue weighted by molar-refractivity contribution is 5.83. The summed E-state index contributed by atoms with van der Waals surface area (Å²) in [5, 5.41) is 2.92. The lowest BCUT2D eigenvalue weighted by atomic mass is 10.0. The van der Waals surface area contributed by atoms with Crippen molar-refractivity contribution in [2.45, 2.75) is 58.2 Å². The molecule has 0 spiro atoms. The average Bonchev–Trinajstić information content (AvgIpc) is 2.74. The smallest absolute Gasteiger partial charge is 0.223 e. The molecule has 2 aliphatic heterocycles. The normalized spacial score (nSPS) is 20.8. The van der Waals surface area contributed by atoms with E-state index in [4.69, 9.17) is 4.74 Å². The van der Waals surface area contributed by atoms with E-state index in [1.165, 1.54) is 31.4 Å². The van der Waals surface area contributed by atoms with E-state index in [1.54, 1.807) is 4.90 Å². The minimum Gasteiger partial charge on any atom is -0.378 e. The number of morpholine rings is 1. The monoisotopic (exact) mass is 387 g/mol. The quantitative estimate of drug-likeness (QED) is 0.780. The molecule has 1 aromatic rings. The molecule has 1 aromatic carbocycles. The second-order valence-electron chi connectivity index (χ2n) is 7.90. The maximum atomic E-state index is 12.1. The number of nitrogens with one attached hydrogen (secondary N) is 1. The van der Waals surface area contributed by atoms with Gasteiger partial charge in [-0.2, -0.15) is 0 Å². The minimum atomic E-state index is -0.0761. The second-order valence-corrected chi connectivity index (χ2v) is 7.90. The number of carbonyl (C=O) groups excluding carboxylic acids is 2. The van der Waals surface area contributed by atoms with E-state index >= 15 is 0 Å². The molecule has 0 radical (unpaired) electrons. The predicted octanol–water partition coefficient (Wildman–Crippen LogP) is 2.32. The maximum absolute atomic E-state index is 12.1.